The van der Waals surface area contributed by atoms with E-state index in [4.69, 9.17) is 4.74 Å². The molecular weight excluding hydrogens is 257 g/mol. The first kappa shape index (κ1) is 13.1. The highest BCUT2D eigenvalue weighted by molar-refractivity contribution is 5.36. The van der Waals surface area contributed by atoms with Crippen molar-refractivity contribution < 1.29 is 9.13 Å². The van der Waals surface area contributed by atoms with Gasteiger partial charge in [-0.15, -0.1) is 0 Å². The molecule has 1 saturated heterocycles. The first-order valence-electron chi connectivity index (χ1n) is 6.80. The maximum Gasteiger partial charge on any atom is 0.248 e. The van der Waals surface area contributed by atoms with Crippen LogP contribution < -0.4 is 5.56 Å². The van der Waals surface area contributed by atoms with Crippen LogP contribution >= 0.6 is 0 Å². The predicted molar refractivity (Wildman–Crippen MR) is 74.0 cm³/mol. The SMILES string of the molecule is O=c1cc(C2(c3ccc(F)cc3)CCCCO2)cc[nH]1. The van der Waals surface area contributed by atoms with Crippen molar-refractivity contribution in [3.63, 3.8) is 0 Å². The first-order chi connectivity index (χ1) is 9.71. The number of aromatic nitrogens is 1. The Morgan fingerprint density at radius 3 is 2.55 bits per heavy atom. The van der Waals surface area contributed by atoms with Gasteiger partial charge in [-0.25, -0.2) is 4.39 Å². The molecule has 0 amide bonds. The van der Waals surface area contributed by atoms with Crippen molar-refractivity contribution in [3.8, 4) is 0 Å². The Labute approximate surface area is 116 Å². The van der Waals surface area contributed by atoms with Crippen molar-refractivity contribution >= 4 is 0 Å². The first-order valence-corrected chi connectivity index (χ1v) is 6.80. The van der Waals surface area contributed by atoms with Crippen LogP contribution in [0.1, 0.15) is 30.4 Å². The van der Waals surface area contributed by atoms with E-state index in [2.05, 4.69) is 4.98 Å². The molecule has 3 rings (SSSR count). The van der Waals surface area contributed by atoms with Gasteiger partial charge in [0.05, 0.1) is 0 Å². The maximum absolute atomic E-state index is 13.1. The third kappa shape index (κ3) is 2.27. The van der Waals surface area contributed by atoms with E-state index in [0.717, 1.165) is 30.4 Å². The number of hydrogen-bond acceptors (Lipinski definition) is 2. The Balaban J connectivity index is 2.13. The highest BCUT2D eigenvalue weighted by Gasteiger charge is 2.37. The van der Waals surface area contributed by atoms with Crippen LogP contribution in [-0.2, 0) is 10.3 Å². The molecule has 1 aromatic carbocycles. The van der Waals surface area contributed by atoms with Gasteiger partial charge in [-0.3, -0.25) is 4.79 Å². The van der Waals surface area contributed by atoms with Crippen molar-refractivity contribution in [2.75, 3.05) is 6.61 Å². The minimum Gasteiger partial charge on any atom is -0.366 e. The largest absolute Gasteiger partial charge is 0.366 e. The number of H-pyrrole nitrogens is 1. The summed E-state index contributed by atoms with van der Waals surface area (Å²) in [4.78, 5) is 14.2. The standard InChI is InChI=1S/C16H16FNO2/c17-14-5-3-12(4-6-14)16(8-1-2-10-20-16)13-7-9-18-15(19)11-13/h3-7,9,11H,1-2,8,10H2,(H,18,19). The summed E-state index contributed by atoms with van der Waals surface area (Å²) in [5.74, 6) is -0.273. The van der Waals surface area contributed by atoms with Crippen molar-refractivity contribution in [1.82, 2.24) is 4.98 Å². The van der Waals surface area contributed by atoms with Crippen LogP contribution in [0.5, 0.6) is 0 Å². The molecule has 0 aliphatic carbocycles. The summed E-state index contributed by atoms with van der Waals surface area (Å²) in [5, 5.41) is 0. The lowest BCUT2D eigenvalue weighted by molar-refractivity contribution is -0.0534. The van der Waals surface area contributed by atoms with Crippen molar-refractivity contribution in [3.05, 3.63) is 69.9 Å². The number of rotatable bonds is 2. The molecule has 1 atom stereocenters. The lowest BCUT2D eigenvalue weighted by Crippen LogP contribution is -2.35. The fraction of sp³-hybridized carbons (Fsp3) is 0.312. The van der Waals surface area contributed by atoms with Gasteiger partial charge in [0.1, 0.15) is 11.4 Å². The van der Waals surface area contributed by atoms with Crippen LogP contribution in [0.2, 0.25) is 0 Å². The van der Waals surface area contributed by atoms with Crippen molar-refractivity contribution in [2.24, 2.45) is 0 Å². The number of pyridine rings is 1. The predicted octanol–water partition coefficient (Wildman–Crippen LogP) is 2.96. The van der Waals surface area contributed by atoms with Crippen LogP contribution in [0.4, 0.5) is 4.39 Å². The summed E-state index contributed by atoms with van der Waals surface area (Å²) >= 11 is 0. The minimum absolute atomic E-state index is 0.154. The van der Waals surface area contributed by atoms with Crippen LogP contribution in [0.25, 0.3) is 0 Å². The summed E-state index contributed by atoms with van der Waals surface area (Å²) in [6.07, 6.45) is 4.44. The highest BCUT2D eigenvalue weighted by Crippen LogP contribution is 2.40. The molecule has 0 radical (unpaired) electrons. The molecule has 2 heterocycles. The Morgan fingerprint density at radius 2 is 1.90 bits per heavy atom. The smallest absolute Gasteiger partial charge is 0.248 e. The Hall–Kier alpha value is -1.94. The minimum atomic E-state index is -0.639. The van der Waals surface area contributed by atoms with E-state index >= 15 is 0 Å². The van der Waals surface area contributed by atoms with E-state index < -0.39 is 5.60 Å². The van der Waals surface area contributed by atoms with Gasteiger partial charge in [-0.1, -0.05) is 12.1 Å². The molecule has 0 spiro atoms. The zero-order chi connectivity index (χ0) is 14.0. The van der Waals surface area contributed by atoms with E-state index in [9.17, 15) is 9.18 Å². The fourth-order valence-corrected chi connectivity index (χ4v) is 2.83. The number of benzene rings is 1. The second-order valence-electron chi connectivity index (χ2n) is 5.08. The van der Waals surface area contributed by atoms with E-state index in [-0.39, 0.29) is 11.4 Å². The zero-order valence-electron chi connectivity index (χ0n) is 11.1. The normalized spacial score (nSPS) is 22.6. The molecule has 1 aliphatic heterocycles. The van der Waals surface area contributed by atoms with Gasteiger partial charge in [0.15, 0.2) is 0 Å². The van der Waals surface area contributed by atoms with Crippen LogP contribution in [0.15, 0.2) is 47.4 Å². The van der Waals surface area contributed by atoms with E-state index in [0.29, 0.717) is 6.61 Å². The molecule has 3 nitrogen and oxygen atoms in total. The average Bonchev–Trinajstić information content (AvgIpc) is 2.49. The number of hydrogen-bond donors (Lipinski definition) is 1. The van der Waals surface area contributed by atoms with Gasteiger partial charge < -0.3 is 9.72 Å². The maximum atomic E-state index is 13.1. The average molecular weight is 273 g/mol. The van der Waals surface area contributed by atoms with Crippen molar-refractivity contribution in [1.29, 1.82) is 0 Å². The summed E-state index contributed by atoms with van der Waals surface area (Å²) < 4.78 is 19.2. The quantitative estimate of drug-likeness (QED) is 0.914. The molecule has 0 saturated carbocycles. The summed E-state index contributed by atoms with van der Waals surface area (Å²) in [5.41, 5.74) is 0.926. The monoisotopic (exact) mass is 273 g/mol. The van der Waals surface area contributed by atoms with Crippen LogP contribution in [0.3, 0.4) is 0 Å². The van der Waals surface area contributed by atoms with Crippen LogP contribution in [-0.4, -0.2) is 11.6 Å². The highest BCUT2D eigenvalue weighted by atomic mass is 19.1. The molecular formula is C16H16FNO2. The van der Waals surface area contributed by atoms with Gasteiger partial charge >= 0.3 is 0 Å². The number of halogens is 1. The van der Waals surface area contributed by atoms with Gasteiger partial charge in [-0.05, 0) is 48.6 Å². The van der Waals surface area contributed by atoms with Crippen molar-refractivity contribution in [2.45, 2.75) is 24.9 Å². The molecule has 1 aliphatic rings. The molecule has 1 fully saturated rings. The number of ether oxygens (including phenoxy) is 1. The van der Waals surface area contributed by atoms with Crippen LogP contribution in [0, 0.1) is 5.82 Å². The van der Waals surface area contributed by atoms with Gasteiger partial charge in [-0.2, -0.15) is 0 Å². The molecule has 2 aromatic rings. The van der Waals surface area contributed by atoms with E-state index in [1.807, 2.05) is 6.07 Å². The number of aromatic amines is 1. The Kier molecular flexibility index (Phi) is 3.40. The van der Waals surface area contributed by atoms with Gasteiger partial charge in [0.2, 0.25) is 5.56 Å². The fourth-order valence-electron chi connectivity index (χ4n) is 2.83. The number of nitrogens with one attached hydrogen (secondary N) is 1. The Morgan fingerprint density at radius 1 is 1.10 bits per heavy atom. The third-order valence-electron chi connectivity index (χ3n) is 3.82. The molecule has 1 N–H and O–H groups in total. The van der Waals surface area contributed by atoms with Gasteiger partial charge in [0.25, 0.3) is 0 Å². The molecule has 104 valence electrons. The van der Waals surface area contributed by atoms with E-state index in [1.54, 1.807) is 24.4 Å². The zero-order valence-corrected chi connectivity index (χ0v) is 11.1. The second-order valence-corrected chi connectivity index (χ2v) is 5.08. The molecule has 20 heavy (non-hydrogen) atoms. The lowest BCUT2D eigenvalue weighted by atomic mass is 9.81. The molecule has 1 unspecified atom stereocenters. The third-order valence-corrected chi connectivity index (χ3v) is 3.82. The molecule has 1 aromatic heterocycles. The topological polar surface area (TPSA) is 42.1 Å². The molecule has 0 bridgehead atoms. The Bertz CT molecular complexity index is 642. The summed E-state index contributed by atoms with van der Waals surface area (Å²) in [7, 11) is 0. The summed E-state index contributed by atoms with van der Waals surface area (Å²) in [6.45, 7) is 0.643. The summed E-state index contributed by atoms with van der Waals surface area (Å²) in [6, 6.07) is 9.76. The van der Waals surface area contributed by atoms with Gasteiger partial charge in [0, 0.05) is 18.9 Å². The lowest BCUT2D eigenvalue weighted by Gasteiger charge is -2.38. The molecule has 4 heteroatoms. The second kappa shape index (κ2) is 5.21. The van der Waals surface area contributed by atoms with E-state index in [1.165, 1.54) is 12.1 Å².